The molecule has 2 aromatic carbocycles. The van der Waals surface area contributed by atoms with Crippen LogP contribution in [0.4, 0.5) is 5.82 Å². The van der Waals surface area contributed by atoms with Crippen LogP contribution in [-0.2, 0) is 4.79 Å². The van der Waals surface area contributed by atoms with Crippen LogP contribution < -0.4 is 10.1 Å². The number of rotatable bonds is 3. The lowest BCUT2D eigenvalue weighted by Gasteiger charge is -2.15. The highest BCUT2D eigenvalue weighted by atomic mass is 79.9. The molecule has 3 aromatic rings. The third kappa shape index (κ3) is 3.49. The molecule has 27 heavy (non-hydrogen) atoms. The number of thioether (sulfide) groups is 1. The number of aryl methyl sites for hydroxylation is 1. The number of hydrogen-bond donors (Lipinski definition) is 1. The summed E-state index contributed by atoms with van der Waals surface area (Å²) < 4.78 is 8.08. The largest absolute Gasteiger partial charge is 0.497 e. The number of anilines is 1. The third-order valence-corrected chi connectivity index (χ3v) is 6.30. The van der Waals surface area contributed by atoms with E-state index in [-0.39, 0.29) is 11.2 Å². The van der Waals surface area contributed by atoms with E-state index < -0.39 is 0 Å². The molecule has 1 N–H and O–H groups in total. The molecule has 0 aliphatic carbocycles. The van der Waals surface area contributed by atoms with Gasteiger partial charge in [0.15, 0.2) is 0 Å². The number of nitrogens with zero attached hydrogens (tertiary/aromatic N) is 2. The van der Waals surface area contributed by atoms with Gasteiger partial charge in [0.05, 0.1) is 29.5 Å². The molecule has 4 rings (SSSR count). The maximum absolute atomic E-state index is 12.4. The van der Waals surface area contributed by atoms with Gasteiger partial charge in [0, 0.05) is 10.0 Å². The Morgan fingerprint density at radius 1 is 1.19 bits per heavy atom. The predicted octanol–water partition coefficient (Wildman–Crippen LogP) is 4.73. The van der Waals surface area contributed by atoms with Crippen molar-refractivity contribution in [3.63, 3.8) is 0 Å². The monoisotopic (exact) mass is 443 g/mol. The first-order valence-corrected chi connectivity index (χ1v) is 10.3. The van der Waals surface area contributed by atoms with Crippen LogP contribution in [0.5, 0.6) is 5.75 Å². The number of halogens is 1. The molecule has 0 fully saturated rings. The minimum absolute atomic E-state index is 0.0180. The molecule has 0 spiro atoms. The van der Waals surface area contributed by atoms with Crippen LogP contribution in [0.2, 0.25) is 0 Å². The van der Waals surface area contributed by atoms with Gasteiger partial charge in [-0.25, -0.2) is 4.68 Å². The minimum atomic E-state index is -0.0180. The molecule has 7 heteroatoms. The van der Waals surface area contributed by atoms with Crippen molar-refractivity contribution in [2.45, 2.75) is 12.2 Å². The molecule has 1 aromatic heterocycles. The molecule has 2 heterocycles. The van der Waals surface area contributed by atoms with E-state index in [1.54, 1.807) is 23.6 Å². The molecular weight excluding hydrogens is 426 g/mol. The smallest absolute Gasteiger partial charge is 0.235 e. The van der Waals surface area contributed by atoms with Gasteiger partial charge in [0.2, 0.25) is 5.91 Å². The number of aromatic nitrogens is 2. The van der Waals surface area contributed by atoms with Gasteiger partial charge >= 0.3 is 0 Å². The lowest BCUT2D eigenvalue weighted by atomic mass is 10.0. The number of methoxy groups -OCH3 is 1. The molecule has 0 bridgehead atoms. The van der Waals surface area contributed by atoms with Crippen molar-refractivity contribution < 1.29 is 9.53 Å². The van der Waals surface area contributed by atoms with Crippen LogP contribution in [0.25, 0.3) is 5.69 Å². The highest BCUT2D eigenvalue weighted by Gasteiger charge is 2.30. The molecular formula is C20H18BrN3O2S. The van der Waals surface area contributed by atoms with E-state index in [2.05, 4.69) is 33.4 Å². The van der Waals surface area contributed by atoms with E-state index in [9.17, 15) is 4.79 Å². The molecule has 0 radical (unpaired) electrons. The normalized spacial score (nSPS) is 16.4. The van der Waals surface area contributed by atoms with Gasteiger partial charge < -0.3 is 10.1 Å². The summed E-state index contributed by atoms with van der Waals surface area (Å²) in [5, 5.41) is 7.82. The van der Waals surface area contributed by atoms with Crippen LogP contribution in [-0.4, -0.2) is 28.6 Å². The van der Waals surface area contributed by atoms with E-state index >= 15 is 0 Å². The first-order valence-electron chi connectivity index (χ1n) is 8.47. The van der Waals surface area contributed by atoms with Gasteiger partial charge in [0.1, 0.15) is 11.6 Å². The lowest BCUT2D eigenvalue weighted by molar-refractivity contribution is -0.113. The summed E-state index contributed by atoms with van der Waals surface area (Å²) in [6.07, 6.45) is 0. The Balaban J connectivity index is 1.84. The van der Waals surface area contributed by atoms with Crippen LogP contribution >= 0.6 is 27.7 Å². The average molecular weight is 444 g/mol. The molecule has 5 nitrogen and oxygen atoms in total. The number of fused-ring (bicyclic) bond motifs is 1. The minimum Gasteiger partial charge on any atom is -0.497 e. The van der Waals surface area contributed by atoms with Gasteiger partial charge in [-0.15, -0.1) is 11.8 Å². The van der Waals surface area contributed by atoms with Crippen LogP contribution in [0.3, 0.4) is 0 Å². The Morgan fingerprint density at radius 2 is 1.89 bits per heavy atom. The molecule has 1 aliphatic heterocycles. The van der Waals surface area contributed by atoms with E-state index in [0.717, 1.165) is 38.5 Å². The summed E-state index contributed by atoms with van der Waals surface area (Å²) in [6.45, 7) is 1.99. The highest BCUT2D eigenvalue weighted by molar-refractivity contribution is 9.10. The first kappa shape index (κ1) is 18.1. The fourth-order valence-electron chi connectivity index (χ4n) is 3.19. The van der Waals surface area contributed by atoms with E-state index in [0.29, 0.717) is 5.75 Å². The second kappa shape index (κ2) is 7.40. The van der Waals surface area contributed by atoms with Crippen molar-refractivity contribution in [3.05, 3.63) is 69.8 Å². The summed E-state index contributed by atoms with van der Waals surface area (Å²) in [4.78, 5) is 12.4. The van der Waals surface area contributed by atoms with Gasteiger partial charge in [0.25, 0.3) is 0 Å². The number of carbonyl (C=O) groups is 1. The molecule has 1 atom stereocenters. The highest BCUT2D eigenvalue weighted by Crippen LogP contribution is 2.44. The second-order valence-electron chi connectivity index (χ2n) is 6.25. The Kier molecular flexibility index (Phi) is 4.97. The number of carbonyl (C=O) groups excluding carboxylic acids is 1. The molecule has 138 valence electrons. The van der Waals surface area contributed by atoms with Crippen LogP contribution in [0.1, 0.15) is 22.1 Å². The zero-order valence-corrected chi connectivity index (χ0v) is 17.3. The molecule has 0 unspecified atom stereocenters. The number of nitrogens with one attached hydrogen (secondary N) is 1. The van der Waals surface area contributed by atoms with Crippen molar-refractivity contribution >= 4 is 39.4 Å². The van der Waals surface area contributed by atoms with Crippen molar-refractivity contribution in [3.8, 4) is 11.4 Å². The summed E-state index contributed by atoms with van der Waals surface area (Å²) in [7, 11) is 1.64. The predicted molar refractivity (Wildman–Crippen MR) is 112 cm³/mol. The zero-order chi connectivity index (χ0) is 19.0. The number of ether oxygens (including phenoxy) is 1. The Bertz CT molecular complexity index is 984. The van der Waals surface area contributed by atoms with E-state index in [1.165, 1.54) is 0 Å². The second-order valence-corrected chi connectivity index (χ2v) is 8.26. The fourth-order valence-corrected chi connectivity index (χ4v) is 4.65. The summed E-state index contributed by atoms with van der Waals surface area (Å²) in [6, 6.07) is 15.9. The Hall–Kier alpha value is -2.25. The lowest BCUT2D eigenvalue weighted by Crippen LogP contribution is -2.15. The maximum Gasteiger partial charge on any atom is 0.235 e. The number of hydrogen-bond acceptors (Lipinski definition) is 4. The summed E-state index contributed by atoms with van der Waals surface area (Å²) in [5.41, 5.74) is 3.98. The molecule has 1 amide bonds. The van der Waals surface area contributed by atoms with Gasteiger partial charge in [-0.3, -0.25) is 4.79 Å². The topological polar surface area (TPSA) is 56.1 Å². The number of amides is 1. The van der Waals surface area contributed by atoms with Crippen LogP contribution in [0, 0.1) is 6.92 Å². The van der Waals surface area contributed by atoms with Crippen molar-refractivity contribution in [2.75, 3.05) is 18.2 Å². The van der Waals surface area contributed by atoms with Crippen molar-refractivity contribution in [1.82, 2.24) is 9.78 Å². The summed E-state index contributed by atoms with van der Waals surface area (Å²) >= 11 is 5.11. The van der Waals surface area contributed by atoms with Crippen LogP contribution in [0.15, 0.2) is 53.0 Å². The Morgan fingerprint density at radius 3 is 2.56 bits per heavy atom. The SMILES string of the molecule is COc1ccc(-n2nc(C)c3c2NC(=O)CS[C@@H]3c2ccc(Br)cc2)cc1. The van der Waals surface area contributed by atoms with Gasteiger partial charge in [-0.05, 0) is 48.9 Å². The van der Waals surface area contributed by atoms with E-state index in [4.69, 9.17) is 9.84 Å². The number of benzene rings is 2. The van der Waals surface area contributed by atoms with Gasteiger partial charge in [-0.1, -0.05) is 28.1 Å². The molecule has 0 saturated heterocycles. The van der Waals surface area contributed by atoms with Crippen molar-refractivity contribution in [1.29, 1.82) is 0 Å². The Labute approximate surface area is 170 Å². The first-order chi connectivity index (χ1) is 13.1. The molecule has 1 aliphatic rings. The van der Waals surface area contributed by atoms with Gasteiger partial charge in [-0.2, -0.15) is 5.10 Å². The molecule has 0 saturated carbocycles. The maximum atomic E-state index is 12.4. The summed E-state index contributed by atoms with van der Waals surface area (Å²) in [5.74, 6) is 1.90. The quantitative estimate of drug-likeness (QED) is 0.635. The average Bonchev–Trinajstić information content (AvgIpc) is 2.88. The third-order valence-electron chi connectivity index (χ3n) is 4.50. The standard InChI is InChI=1S/C20H18BrN3O2S/c1-12-18-19(13-3-5-14(21)6-4-13)27-11-17(25)22-20(18)24(23-12)15-7-9-16(26-2)10-8-15/h3-10,19H,11H2,1-2H3,(H,22,25)/t19-/m1/s1. The van der Waals surface area contributed by atoms with Crippen molar-refractivity contribution in [2.24, 2.45) is 0 Å². The fraction of sp³-hybridized carbons (Fsp3) is 0.200. The zero-order valence-electron chi connectivity index (χ0n) is 14.9. The van der Waals surface area contributed by atoms with E-state index in [1.807, 2.05) is 43.3 Å².